The molecule has 1 aliphatic rings. The highest BCUT2D eigenvalue weighted by Gasteiger charge is 2.23. The summed E-state index contributed by atoms with van der Waals surface area (Å²) in [7, 11) is 1.74. The van der Waals surface area contributed by atoms with E-state index in [-0.39, 0.29) is 36.5 Å². The van der Waals surface area contributed by atoms with Gasteiger partial charge in [0, 0.05) is 31.2 Å². The van der Waals surface area contributed by atoms with Crippen molar-refractivity contribution in [3.8, 4) is 5.75 Å². The first-order valence-corrected chi connectivity index (χ1v) is 10.2. The van der Waals surface area contributed by atoms with E-state index in [9.17, 15) is 4.79 Å². The highest BCUT2D eigenvalue weighted by atomic mass is 127. The molecule has 0 aliphatic heterocycles. The minimum absolute atomic E-state index is 0. The topological polar surface area (TPSA) is 74.8 Å². The summed E-state index contributed by atoms with van der Waals surface area (Å²) in [4.78, 5) is 16.0. The Morgan fingerprint density at radius 2 is 1.97 bits per heavy atom. The van der Waals surface area contributed by atoms with Gasteiger partial charge < -0.3 is 20.7 Å². The van der Waals surface area contributed by atoms with Crippen LogP contribution < -0.4 is 20.7 Å². The second kappa shape index (κ2) is 12.6. The van der Waals surface area contributed by atoms with E-state index in [1.54, 1.807) is 7.05 Å². The van der Waals surface area contributed by atoms with Crippen LogP contribution in [0.3, 0.4) is 0 Å². The van der Waals surface area contributed by atoms with Gasteiger partial charge in [0.1, 0.15) is 5.75 Å². The SMILES string of the molecule is CN=C(NCCc1ccccc1Cl)NCc1cccc(OCC(=O)NC2CC2)c1.I. The van der Waals surface area contributed by atoms with Crippen molar-refractivity contribution in [2.75, 3.05) is 20.2 Å². The van der Waals surface area contributed by atoms with Crippen LogP contribution in [0.4, 0.5) is 0 Å². The first-order valence-electron chi connectivity index (χ1n) is 9.83. The molecule has 1 amide bonds. The average Bonchev–Trinajstić information content (AvgIpc) is 3.54. The van der Waals surface area contributed by atoms with Gasteiger partial charge in [-0.2, -0.15) is 0 Å². The number of ether oxygens (including phenoxy) is 1. The molecule has 30 heavy (non-hydrogen) atoms. The maximum absolute atomic E-state index is 11.7. The van der Waals surface area contributed by atoms with Crippen molar-refractivity contribution in [2.45, 2.75) is 31.8 Å². The number of benzene rings is 2. The number of carbonyl (C=O) groups is 1. The lowest BCUT2D eigenvalue weighted by Crippen LogP contribution is -2.37. The van der Waals surface area contributed by atoms with Crippen molar-refractivity contribution < 1.29 is 9.53 Å². The van der Waals surface area contributed by atoms with Crippen LogP contribution in [0.2, 0.25) is 5.02 Å². The zero-order chi connectivity index (χ0) is 20.5. The number of hydrogen-bond donors (Lipinski definition) is 3. The molecule has 3 N–H and O–H groups in total. The Kier molecular flexibility index (Phi) is 10.2. The van der Waals surface area contributed by atoms with E-state index in [4.69, 9.17) is 16.3 Å². The molecule has 3 rings (SSSR count). The zero-order valence-corrected chi connectivity index (χ0v) is 20.1. The fraction of sp³-hybridized carbons (Fsp3) is 0.364. The molecule has 0 aromatic heterocycles. The maximum atomic E-state index is 11.7. The molecule has 0 atom stereocenters. The molecular weight excluding hydrogens is 515 g/mol. The molecule has 0 unspecified atom stereocenters. The Labute approximate surface area is 199 Å². The van der Waals surface area contributed by atoms with Gasteiger partial charge in [0.05, 0.1) is 0 Å². The number of nitrogens with zero attached hydrogens (tertiary/aromatic N) is 1. The number of rotatable bonds is 9. The van der Waals surface area contributed by atoms with Gasteiger partial charge in [0.25, 0.3) is 5.91 Å². The molecular formula is C22H28ClIN4O2. The van der Waals surface area contributed by atoms with E-state index in [0.717, 1.165) is 42.0 Å². The van der Waals surface area contributed by atoms with Crippen molar-refractivity contribution in [1.29, 1.82) is 0 Å². The lowest BCUT2D eigenvalue weighted by atomic mass is 10.1. The van der Waals surface area contributed by atoms with Crippen molar-refractivity contribution in [2.24, 2.45) is 4.99 Å². The Morgan fingerprint density at radius 3 is 2.70 bits per heavy atom. The summed E-state index contributed by atoms with van der Waals surface area (Å²) in [6, 6.07) is 15.9. The summed E-state index contributed by atoms with van der Waals surface area (Å²) in [6.45, 7) is 1.36. The average molecular weight is 543 g/mol. The van der Waals surface area contributed by atoms with Gasteiger partial charge in [-0.3, -0.25) is 9.79 Å². The van der Waals surface area contributed by atoms with Crippen LogP contribution in [0, 0.1) is 0 Å². The summed E-state index contributed by atoms with van der Waals surface area (Å²) < 4.78 is 5.60. The lowest BCUT2D eigenvalue weighted by molar-refractivity contribution is -0.123. The predicted molar refractivity (Wildman–Crippen MR) is 132 cm³/mol. The molecule has 0 saturated heterocycles. The molecule has 0 bridgehead atoms. The molecule has 1 saturated carbocycles. The number of carbonyl (C=O) groups excluding carboxylic acids is 1. The number of halogens is 2. The summed E-state index contributed by atoms with van der Waals surface area (Å²) in [6.07, 6.45) is 2.95. The molecule has 1 fully saturated rings. The van der Waals surface area contributed by atoms with Crippen molar-refractivity contribution in [3.05, 3.63) is 64.7 Å². The van der Waals surface area contributed by atoms with Gasteiger partial charge in [-0.15, -0.1) is 24.0 Å². The Bertz CT molecular complexity index is 859. The van der Waals surface area contributed by atoms with Gasteiger partial charge in [-0.25, -0.2) is 0 Å². The van der Waals surface area contributed by atoms with E-state index in [0.29, 0.717) is 24.3 Å². The van der Waals surface area contributed by atoms with Crippen LogP contribution in [-0.2, 0) is 17.8 Å². The molecule has 0 heterocycles. The molecule has 2 aromatic carbocycles. The van der Waals surface area contributed by atoms with E-state index < -0.39 is 0 Å². The van der Waals surface area contributed by atoms with Crippen LogP contribution in [0.5, 0.6) is 5.75 Å². The highest BCUT2D eigenvalue weighted by molar-refractivity contribution is 14.0. The smallest absolute Gasteiger partial charge is 0.258 e. The number of amides is 1. The van der Waals surface area contributed by atoms with Crippen molar-refractivity contribution in [1.82, 2.24) is 16.0 Å². The third-order valence-corrected chi connectivity index (χ3v) is 4.91. The number of nitrogens with one attached hydrogen (secondary N) is 3. The van der Waals surface area contributed by atoms with Gasteiger partial charge >= 0.3 is 0 Å². The third-order valence-electron chi connectivity index (χ3n) is 4.54. The Balaban J connectivity index is 0.00000320. The summed E-state index contributed by atoms with van der Waals surface area (Å²) in [5.41, 5.74) is 2.15. The second-order valence-electron chi connectivity index (χ2n) is 6.97. The first-order chi connectivity index (χ1) is 14.1. The minimum atomic E-state index is -0.0702. The quantitative estimate of drug-likeness (QED) is 0.258. The number of hydrogen-bond acceptors (Lipinski definition) is 3. The number of guanidine groups is 1. The second-order valence-corrected chi connectivity index (χ2v) is 7.38. The molecule has 2 aromatic rings. The summed E-state index contributed by atoms with van der Waals surface area (Å²) >= 11 is 6.19. The van der Waals surface area contributed by atoms with Crippen molar-refractivity contribution >= 4 is 47.4 Å². The van der Waals surface area contributed by atoms with Gasteiger partial charge in [0.15, 0.2) is 12.6 Å². The van der Waals surface area contributed by atoms with E-state index >= 15 is 0 Å². The van der Waals surface area contributed by atoms with E-state index in [2.05, 4.69) is 20.9 Å². The Morgan fingerprint density at radius 1 is 1.17 bits per heavy atom. The predicted octanol–water partition coefficient (Wildman–Crippen LogP) is 3.52. The van der Waals surface area contributed by atoms with Gasteiger partial charge in [-0.05, 0) is 48.6 Å². The normalized spacial score (nSPS) is 13.2. The molecule has 8 heteroatoms. The van der Waals surface area contributed by atoms with Crippen LogP contribution >= 0.6 is 35.6 Å². The number of aliphatic imine (C=N–C) groups is 1. The minimum Gasteiger partial charge on any atom is -0.484 e. The van der Waals surface area contributed by atoms with Gasteiger partial charge in [-0.1, -0.05) is 41.9 Å². The summed E-state index contributed by atoms with van der Waals surface area (Å²) in [5.74, 6) is 1.32. The lowest BCUT2D eigenvalue weighted by Gasteiger charge is -2.13. The van der Waals surface area contributed by atoms with E-state index in [1.807, 2.05) is 48.5 Å². The fourth-order valence-electron chi connectivity index (χ4n) is 2.81. The Hall–Kier alpha value is -2.00. The molecule has 6 nitrogen and oxygen atoms in total. The first kappa shape index (κ1) is 24.3. The zero-order valence-electron chi connectivity index (χ0n) is 17.0. The van der Waals surface area contributed by atoms with Gasteiger partial charge in [0.2, 0.25) is 0 Å². The van der Waals surface area contributed by atoms with Crippen LogP contribution in [-0.4, -0.2) is 38.1 Å². The fourth-order valence-corrected chi connectivity index (χ4v) is 3.04. The third kappa shape index (κ3) is 8.39. The molecule has 162 valence electrons. The van der Waals surface area contributed by atoms with Crippen LogP contribution in [0.25, 0.3) is 0 Å². The summed E-state index contributed by atoms with van der Waals surface area (Å²) in [5, 5.41) is 10.3. The van der Waals surface area contributed by atoms with E-state index in [1.165, 1.54) is 0 Å². The molecule has 1 aliphatic carbocycles. The van der Waals surface area contributed by atoms with Crippen LogP contribution in [0.1, 0.15) is 24.0 Å². The molecule has 0 radical (unpaired) electrons. The standard InChI is InChI=1S/C22H27ClN4O2.HI/c1-24-22(25-12-11-17-6-2-3-8-20(17)23)26-14-16-5-4-7-19(13-16)29-15-21(28)27-18-9-10-18;/h2-8,13,18H,9-12,14-15H2,1H3,(H,27,28)(H2,24,25,26);1H. The monoisotopic (exact) mass is 542 g/mol. The van der Waals surface area contributed by atoms with Crippen molar-refractivity contribution in [3.63, 3.8) is 0 Å². The maximum Gasteiger partial charge on any atom is 0.258 e. The largest absolute Gasteiger partial charge is 0.484 e. The molecule has 0 spiro atoms. The highest BCUT2D eigenvalue weighted by Crippen LogP contribution is 2.18. The van der Waals surface area contributed by atoms with Crippen LogP contribution in [0.15, 0.2) is 53.5 Å².